The molecule has 1 fully saturated rings. The summed E-state index contributed by atoms with van der Waals surface area (Å²) >= 11 is 0. The van der Waals surface area contributed by atoms with E-state index in [-0.39, 0.29) is 31.0 Å². The molecule has 17 heteroatoms. The first-order valence-electron chi connectivity index (χ1n) is 14.2. The van der Waals surface area contributed by atoms with Gasteiger partial charge in [-0.05, 0) is 6.92 Å². The third-order valence-corrected chi connectivity index (χ3v) is 6.49. The summed E-state index contributed by atoms with van der Waals surface area (Å²) in [5, 5.41) is 11.9. The van der Waals surface area contributed by atoms with Crippen LogP contribution in [0.4, 0.5) is 0 Å². The second-order valence-corrected chi connectivity index (χ2v) is 10.3. The van der Waals surface area contributed by atoms with E-state index in [1.54, 1.807) is 0 Å². The summed E-state index contributed by atoms with van der Waals surface area (Å²) in [6.07, 6.45) is -5.09. The van der Waals surface area contributed by atoms with E-state index in [9.17, 15) is 24.0 Å². The number of rotatable bonds is 12. The maximum Gasteiger partial charge on any atom is 0.306 e. The molecule has 0 radical (unpaired) electrons. The molecular weight excluding hydrogens is 610 g/mol. The summed E-state index contributed by atoms with van der Waals surface area (Å²) in [7, 11) is 0. The zero-order valence-electron chi connectivity index (χ0n) is 25.7. The van der Waals surface area contributed by atoms with Crippen molar-refractivity contribution in [3.05, 3.63) is 47.6 Å². The Labute approximate surface area is 262 Å². The van der Waals surface area contributed by atoms with Gasteiger partial charge in [0.2, 0.25) is 11.7 Å². The van der Waals surface area contributed by atoms with E-state index >= 15 is 0 Å². The van der Waals surface area contributed by atoms with E-state index in [1.165, 1.54) is 13.1 Å². The quantitative estimate of drug-likeness (QED) is 0.202. The maximum absolute atomic E-state index is 12.4. The highest BCUT2D eigenvalue weighted by Gasteiger charge is 2.53. The summed E-state index contributed by atoms with van der Waals surface area (Å²) in [4.78, 5) is 64.3. The van der Waals surface area contributed by atoms with Gasteiger partial charge in [-0.1, -0.05) is 40.2 Å². The average molecular weight is 644 g/mol. The number of hydrogen-bond donors (Lipinski definition) is 0. The molecule has 0 amide bonds. The molecule has 1 aliphatic heterocycles. The zero-order chi connectivity index (χ0) is 33.4. The predicted octanol–water partition coefficient (Wildman–Crippen LogP) is 1.57. The fourth-order valence-corrected chi connectivity index (χ4v) is 4.53. The normalized spacial score (nSPS) is 20.8. The molecule has 3 aromatic rings. The lowest BCUT2D eigenvalue weighted by molar-refractivity contribution is -0.270. The number of carbonyl (C=O) groups excluding carboxylic acids is 5. The van der Waals surface area contributed by atoms with Gasteiger partial charge in [0.15, 0.2) is 24.5 Å². The van der Waals surface area contributed by atoms with Crippen LogP contribution in [0.1, 0.15) is 57.5 Å². The van der Waals surface area contributed by atoms with Gasteiger partial charge in [0.1, 0.15) is 25.0 Å². The summed E-state index contributed by atoms with van der Waals surface area (Å²) in [5.41, 5.74) is 2.07. The van der Waals surface area contributed by atoms with Gasteiger partial charge in [-0.15, -0.1) is 5.10 Å². The molecule has 1 aromatic carbocycles. The van der Waals surface area contributed by atoms with Gasteiger partial charge in [-0.3, -0.25) is 24.0 Å². The Bertz CT molecular complexity index is 1550. The predicted molar refractivity (Wildman–Crippen MR) is 150 cm³/mol. The Balaban J connectivity index is 1.44. The van der Waals surface area contributed by atoms with E-state index in [0.29, 0.717) is 5.82 Å². The standard InChI is InChI=1S/C29H33N5O12/c1-15-6-8-20(9-7-15)28-30-23(46-32-28)10-11-24(39)41-13-21-12-34(33-31-21)29-27(44-19(5)38)26(43-18(4)37)25(42-17(3)36)22(45-29)14-40-16(2)35/h6-9,12,22,25-27,29H,10-11,13-14H2,1-5H3/t22-,25-,26+,27-,29-/m1/s1. The van der Waals surface area contributed by atoms with Crippen molar-refractivity contribution in [3.8, 4) is 11.4 Å². The van der Waals surface area contributed by atoms with Crippen LogP contribution in [0.5, 0.6) is 0 Å². The number of nitrogens with zero attached hydrogens (tertiary/aromatic N) is 5. The zero-order valence-corrected chi connectivity index (χ0v) is 25.7. The minimum absolute atomic E-state index is 0.0522. The molecule has 0 saturated carbocycles. The topological polar surface area (TPSA) is 210 Å². The molecule has 0 aliphatic carbocycles. The highest BCUT2D eigenvalue weighted by Crippen LogP contribution is 2.34. The number of aryl methyl sites for hydroxylation is 2. The Hall–Kier alpha value is -5.19. The molecule has 0 bridgehead atoms. The van der Waals surface area contributed by atoms with Crippen molar-refractivity contribution < 1.29 is 56.9 Å². The molecular formula is C29H33N5O12. The molecule has 0 N–H and O–H groups in total. The number of aromatic nitrogens is 5. The van der Waals surface area contributed by atoms with Crippen LogP contribution in [0.15, 0.2) is 35.0 Å². The molecule has 246 valence electrons. The lowest BCUT2D eigenvalue weighted by Crippen LogP contribution is -2.60. The largest absolute Gasteiger partial charge is 0.463 e. The molecule has 4 rings (SSSR count). The average Bonchev–Trinajstić information content (AvgIpc) is 3.66. The first-order valence-corrected chi connectivity index (χ1v) is 14.2. The minimum Gasteiger partial charge on any atom is -0.463 e. The summed E-state index contributed by atoms with van der Waals surface area (Å²) in [5.74, 6) is -2.85. The summed E-state index contributed by atoms with van der Waals surface area (Å²) in [6.45, 7) is 5.82. The fraction of sp³-hybridized carbons (Fsp3) is 0.483. The monoisotopic (exact) mass is 643 g/mol. The molecule has 17 nitrogen and oxygen atoms in total. The Morgan fingerprint density at radius 1 is 0.848 bits per heavy atom. The van der Waals surface area contributed by atoms with Crippen LogP contribution in [0.2, 0.25) is 0 Å². The van der Waals surface area contributed by atoms with Gasteiger partial charge in [0.25, 0.3) is 0 Å². The van der Waals surface area contributed by atoms with Crippen molar-refractivity contribution in [1.29, 1.82) is 0 Å². The Morgan fingerprint density at radius 2 is 1.50 bits per heavy atom. The van der Waals surface area contributed by atoms with Crippen LogP contribution in [-0.2, 0) is 65.4 Å². The number of hydrogen-bond acceptors (Lipinski definition) is 16. The molecule has 1 aliphatic rings. The summed E-state index contributed by atoms with van der Waals surface area (Å²) in [6, 6.07) is 7.59. The van der Waals surface area contributed by atoms with Crippen molar-refractivity contribution in [2.24, 2.45) is 0 Å². The first kappa shape index (κ1) is 33.7. The molecule has 0 spiro atoms. The van der Waals surface area contributed by atoms with E-state index in [1.807, 2.05) is 31.2 Å². The number of carbonyl (C=O) groups is 5. The lowest BCUT2D eigenvalue weighted by Gasteiger charge is -2.44. The summed E-state index contributed by atoms with van der Waals surface area (Å²) < 4.78 is 39.0. The highest BCUT2D eigenvalue weighted by molar-refractivity contribution is 5.70. The molecule has 46 heavy (non-hydrogen) atoms. The minimum atomic E-state index is -1.38. The van der Waals surface area contributed by atoms with E-state index in [2.05, 4.69) is 20.5 Å². The van der Waals surface area contributed by atoms with Crippen LogP contribution in [-0.4, -0.2) is 86.0 Å². The van der Waals surface area contributed by atoms with Crippen LogP contribution in [0.3, 0.4) is 0 Å². The fourth-order valence-electron chi connectivity index (χ4n) is 4.53. The third-order valence-electron chi connectivity index (χ3n) is 6.49. The van der Waals surface area contributed by atoms with E-state index < -0.39 is 67.1 Å². The lowest BCUT2D eigenvalue weighted by atomic mass is 9.97. The van der Waals surface area contributed by atoms with Crippen LogP contribution >= 0.6 is 0 Å². The third kappa shape index (κ3) is 9.16. The van der Waals surface area contributed by atoms with Gasteiger partial charge in [-0.25, -0.2) is 4.68 Å². The van der Waals surface area contributed by atoms with Crippen LogP contribution in [0, 0.1) is 6.92 Å². The molecule has 5 atom stereocenters. The molecule has 2 aromatic heterocycles. The van der Waals surface area contributed by atoms with Crippen molar-refractivity contribution in [3.63, 3.8) is 0 Å². The number of esters is 5. The van der Waals surface area contributed by atoms with E-state index in [0.717, 1.165) is 36.6 Å². The molecule has 1 saturated heterocycles. The van der Waals surface area contributed by atoms with Crippen molar-refractivity contribution in [2.75, 3.05) is 6.61 Å². The van der Waals surface area contributed by atoms with E-state index in [4.69, 9.17) is 32.9 Å². The Kier molecular flexibility index (Phi) is 11.1. The second kappa shape index (κ2) is 15.2. The Morgan fingerprint density at radius 3 is 2.15 bits per heavy atom. The van der Waals surface area contributed by atoms with Gasteiger partial charge >= 0.3 is 29.8 Å². The van der Waals surface area contributed by atoms with Crippen molar-refractivity contribution in [2.45, 2.75) is 84.7 Å². The van der Waals surface area contributed by atoms with Gasteiger partial charge < -0.3 is 32.9 Å². The smallest absolute Gasteiger partial charge is 0.306 e. The molecule has 3 heterocycles. The van der Waals surface area contributed by atoms with Crippen LogP contribution < -0.4 is 0 Å². The highest BCUT2D eigenvalue weighted by atomic mass is 16.7. The van der Waals surface area contributed by atoms with Crippen LogP contribution in [0.25, 0.3) is 11.4 Å². The van der Waals surface area contributed by atoms with Gasteiger partial charge in [-0.2, -0.15) is 4.98 Å². The number of ether oxygens (including phenoxy) is 6. The van der Waals surface area contributed by atoms with Crippen molar-refractivity contribution >= 4 is 29.8 Å². The second-order valence-electron chi connectivity index (χ2n) is 10.3. The first-order chi connectivity index (χ1) is 21.9. The van der Waals surface area contributed by atoms with Gasteiger partial charge in [0, 0.05) is 39.7 Å². The molecule has 0 unspecified atom stereocenters. The number of benzene rings is 1. The van der Waals surface area contributed by atoms with Gasteiger partial charge in [0.05, 0.1) is 12.6 Å². The maximum atomic E-state index is 12.4. The SMILES string of the molecule is CC(=O)OC[C@H]1O[C@@H](n2cc(COC(=O)CCc3nc(-c4ccc(C)cc4)no3)nn2)[C@H](OC(C)=O)[C@@H](OC(C)=O)[C@@H]1OC(C)=O. The van der Waals surface area contributed by atoms with Crippen molar-refractivity contribution in [1.82, 2.24) is 25.1 Å².